The van der Waals surface area contributed by atoms with Crippen LogP contribution in [-0.2, 0) is 0 Å². The van der Waals surface area contributed by atoms with Gasteiger partial charge in [0.15, 0.2) is 0 Å². The number of aromatic nitrogens is 1. The van der Waals surface area contributed by atoms with Crippen molar-refractivity contribution in [2.24, 2.45) is 5.73 Å². The molecule has 1 saturated heterocycles. The molecule has 1 aromatic rings. The first-order chi connectivity index (χ1) is 8.11. The van der Waals surface area contributed by atoms with E-state index in [1.54, 1.807) is 6.20 Å². The van der Waals surface area contributed by atoms with Crippen molar-refractivity contribution in [3.05, 3.63) is 23.9 Å². The van der Waals surface area contributed by atoms with Crippen LogP contribution in [0.1, 0.15) is 19.4 Å². The van der Waals surface area contributed by atoms with Crippen molar-refractivity contribution in [3.8, 4) is 0 Å². The zero-order valence-corrected chi connectivity index (χ0v) is 11.0. The van der Waals surface area contributed by atoms with Gasteiger partial charge in [0.25, 0.3) is 0 Å². The monoisotopic (exact) mass is 250 g/mol. The lowest BCUT2D eigenvalue weighted by molar-refractivity contribution is 0.620. The van der Waals surface area contributed by atoms with Gasteiger partial charge in [-0.2, -0.15) is 11.8 Å². The number of nitrogen functional groups attached to an aromatic ring is 1. The van der Waals surface area contributed by atoms with E-state index < -0.39 is 0 Å². The van der Waals surface area contributed by atoms with Crippen LogP contribution in [0.2, 0.25) is 0 Å². The van der Waals surface area contributed by atoms with Crippen LogP contribution in [0.4, 0.5) is 5.82 Å². The molecule has 4 nitrogen and oxygen atoms in total. The normalized spacial score (nSPS) is 24.7. The minimum absolute atomic E-state index is 0.0891. The lowest BCUT2D eigenvalue weighted by Crippen LogP contribution is -2.46. The molecule has 1 aliphatic heterocycles. The number of thioether (sulfide) groups is 1. The van der Waals surface area contributed by atoms with E-state index in [-0.39, 0.29) is 5.84 Å². The highest BCUT2D eigenvalue weighted by molar-refractivity contribution is 8.00. The number of nitrogens with one attached hydrogen (secondary N) is 1. The second-order valence-corrected chi connectivity index (χ2v) is 5.78. The molecule has 2 heterocycles. The summed E-state index contributed by atoms with van der Waals surface area (Å²) in [6.07, 6.45) is 1.76. The van der Waals surface area contributed by atoms with Crippen LogP contribution >= 0.6 is 11.8 Å². The largest absolute Gasteiger partial charge is 0.384 e. The molecule has 2 atom stereocenters. The van der Waals surface area contributed by atoms with Gasteiger partial charge < -0.3 is 10.6 Å². The van der Waals surface area contributed by atoms with Crippen molar-refractivity contribution in [1.29, 1.82) is 5.41 Å². The second kappa shape index (κ2) is 4.96. The average molecular weight is 250 g/mol. The highest BCUT2D eigenvalue weighted by atomic mass is 32.2. The van der Waals surface area contributed by atoms with Crippen LogP contribution < -0.4 is 10.6 Å². The quantitative estimate of drug-likeness (QED) is 0.619. The minimum Gasteiger partial charge on any atom is -0.384 e. The summed E-state index contributed by atoms with van der Waals surface area (Å²) in [5, 5.41) is 8.19. The number of nitrogens with two attached hydrogens (primary N) is 1. The third kappa shape index (κ3) is 2.39. The summed E-state index contributed by atoms with van der Waals surface area (Å²) in [5.41, 5.74) is 6.35. The molecule has 0 bridgehead atoms. The summed E-state index contributed by atoms with van der Waals surface area (Å²) in [5.74, 6) is 2.03. The van der Waals surface area contributed by atoms with E-state index in [1.165, 1.54) is 0 Å². The minimum atomic E-state index is 0.0891. The topological polar surface area (TPSA) is 66.0 Å². The molecule has 0 radical (unpaired) electrons. The maximum absolute atomic E-state index is 7.62. The number of pyridine rings is 1. The average Bonchev–Trinajstić information content (AvgIpc) is 2.33. The number of rotatable bonds is 2. The maximum atomic E-state index is 7.62. The second-order valence-electron chi connectivity index (χ2n) is 4.30. The third-order valence-corrected chi connectivity index (χ3v) is 4.57. The number of anilines is 1. The highest BCUT2D eigenvalue weighted by Gasteiger charge is 2.27. The van der Waals surface area contributed by atoms with E-state index in [0.29, 0.717) is 11.3 Å². The molecule has 2 rings (SSSR count). The Bertz CT molecular complexity index is 421. The Balaban J connectivity index is 2.36. The van der Waals surface area contributed by atoms with Crippen molar-refractivity contribution in [3.63, 3.8) is 0 Å². The van der Waals surface area contributed by atoms with Crippen LogP contribution in [0.15, 0.2) is 18.3 Å². The molecular formula is C12H18N4S. The Hall–Kier alpha value is -1.23. The molecule has 0 aliphatic carbocycles. The fourth-order valence-corrected chi connectivity index (χ4v) is 3.17. The van der Waals surface area contributed by atoms with Gasteiger partial charge in [-0.3, -0.25) is 5.41 Å². The van der Waals surface area contributed by atoms with Gasteiger partial charge in [-0.15, -0.1) is 0 Å². The number of amidine groups is 1. The molecule has 92 valence electrons. The summed E-state index contributed by atoms with van der Waals surface area (Å²) in [4.78, 5) is 6.67. The summed E-state index contributed by atoms with van der Waals surface area (Å²) in [6.45, 7) is 5.40. The van der Waals surface area contributed by atoms with Crippen LogP contribution in [-0.4, -0.2) is 34.4 Å². The number of hydrogen-bond donors (Lipinski definition) is 2. The van der Waals surface area contributed by atoms with Gasteiger partial charge in [-0.25, -0.2) is 4.98 Å². The smallest absolute Gasteiger partial charge is 0.139 e. The number of nitrogens with zero attached hydrogens (tertiary/aromatic N) is 2. The van der Waals surface area contributed by atoms with Crippen LogP contribution in [0, 0.1) is 5.41 Å². The van der Waals surface area contributed by atoms with Gasteiger partial charge in [0.2, 0.25) is 0 Å². The van der Waals surface area contributed by atoms with Crippen molar-refractivity contribution in [1.82, 2.24) is 4.98 Å². The Morgan fingerprint density at radius 1 is 1.59 bits per heavy atom. The Labute approximate surface area is 106 Å². The van der Waals surface area contributed by atoms with E-state index in [2.05, 4.69) is 23.7 Å². The predicted octanol–water partition coefficient (Wildman–Crippen LogP) is 1.70. The Morgan fingerprint density at radius 2 is 2.35 bits per heavy atom. The van der Waals surface area contributed by atoms with Gasteiger partial charge >= 0.3 is 0 Å². The van der Waals surface area contributed by atoms with Crippen molar-refractivity contribution >= 4 is 23.4 Å². The van der Waals surface area contributed by atoms with Crippen LogP contribution in [0.3, 0.4) is 0 Å². The van der Waals surface area contributed by atoms with Gasteiger partial charge in [0, 0.05) is 29.8 Å². The van der Waals surface area contributed by atoms with Gasteiger partial charge in [0.05, 0.1) is 5.56 Å². The number of hydrogen-bond acceptors (Lipinski definition) is 4. The molecule has 1 aromatic heterocycles. The first kappa shape index (κ1) is 12.2. The molecule has 17 heavy (non-hydrogen) atoms. The summed E-state index contributed by atoms with van der Waals surface area (Å²) >= 11 is 1.98. The van der Waals surface area contributed by atoms with Gasteiger partial charge in [-0.05, 0) is 19.1 Å². The zero-order valence-electron chi connectivity index (χ0n) is 10.2. The van der Waals surface area contributed by atoms with E-state index in [9.17, 15) is 0 Å². The van der Waals surface area contributed by atoms with Crippen molar-refractivity contribution in [2.45, 2.75) is 25.1 Å². The molecule has 5 heteroatoms. The zero-order chi connectivity index (χ0) is 12.4. The fraction of sp³-hybridized carbons (Fsp3) is 0.500. The first-order valence-electron chi connectivity index (χ1n) is 5.79. The Morgan fingerprint density at radius 3 is 3.06 bits per heavy atom. The molecule has 0 spiro atoms. The predicted molar refractivity (Wildman–Crippen MR) is 74.0 cm³/mol. The lowest BCUT2D eigenvalue weighted by Gasteiger charge is -2.39. The van der Waals surface area contributed by atoms with Crippen molar-refractivity contribution in [2.75, 3.05) is 17.2 Å². The standard InChI is InChI=1S/C12H18N4S/c1-8-9(2)17-7-6-16(8)12-10(11(13)14)4-3-5-15-12/h3-5,8-9H,6-7H2,1-2H3,(H3,13,14). The van der Waals surface area contributed by atoms with E-state index in [0.717, 1.165) is 23.7 Å². The fourth-order valence-electron chi connectivity index (χ4n) is 2.07. The van der Waals surface area contributed by atoms with Crippen LogP contribution in [0.5, 0.6) is 0 Å². The highest BCUT2D eigenvalue weighted by Crippen LogP contribution is 2.29. The molecule has 1 fully saturated rings. The molecule has 0 aromatic carbocycles. The van der Waals surface area contributed by atoms with Gasteiger partial charge in [0.1, 0.15) is 11.7 Å². The van der Waals surface area contributed by atoms with E-state index in [4.69, 9.17) is 11.1 Å². The first-order valence-corrected chi connectivity index (χ1v) is 6.84. The molecule has 0 amide bonds. The SMILES string of the molecule is CC1SCCN(c2ncccc2C(=N)N)C1C. The van der Waals surface area contributed by atoms with E-state index >= 15 is 0 Å². The van der Waals surface area contributed by atoms with Crippen LogP contribution in [0.25, 0.3) is 0 Å². The molecule has 3 N–H and O–H groups in total. The third-order valence-electron chi connectivity index (χ3n) is 3.23. The lowest BCUT2D eigenvalue weighted by atomic mass is 10.1. The summed E-state index contributed by atoms with van der Waals surface area (Å²) < 4.78 is 0. The van der Waals surface area contributed by atoms with Crippen molar-refractivity contribution < 1.29 is 0 Å². The molecular weight excluding hydrogens is 232 g/mol. The summed E-state index contributed by atoms with van der Waals surface area (Å²) in [7, 11) is 0. The van der Waals surface area contributed by atoms with E-state index in [1.807, 2.05) is 23.9 Å². The summed E-state index contributed by atoms with van der Waals surface area (Å²) in [6, 6.07) is 4.11. The molecule has 1 aliphatic rings. The molecule has 0 saturated carbocycles. The Kier molecular flexibility index (Phi) is 3.57. The molecule has 2 unspecified atom stereocenters. The maximum Gasteiger partial charge on any atom is 0.139 e. The van der Waals surface area contributed by atoms with Gasteiger partial charge in [-0.1, -0.05) is 6.92 Å².